The fraction of sp³-hybridized carbons (Fsp3) is 0.833. The second kappa shape index (κ2) is 15.6. The van der Waals surface area contributed by atoms with Crippen molar-refractivity contribution in [2.24, 2.45) is 0 Å². The molecule has 0 heterocycles. The predicted octanol–water partition coefficient (Wildman–Crippen LogP) is 5.08. The number of aliphatic hydroxyl groups is 1. The Hall–Kier alpha value is -0.830. The summed E-state index contributed by atoms with van der Waals surface area (Å²) in [6.45, 7) is -3.81. The first-order chi connectivity index (χ1) is 16.6. The van der Waals surface area contributed by atoms with Crippen LogP contribution in [0, 0.1) is 0 Å². The summed E-state index contributed by atoms with van der Waals surface area (Å²) in [6.07, 6.45) is -25.7. The molecule has 0 aliphatic rings. The van der Waals surface area contributed by atoms with Crippen LogP contribution in [0.3, 0.4) is 0 Å². The maximum absolute atomic E-state index is 10.5. The van der Waals surface area contributed by atoms with Gasteiger partial charge in [-0.3, -0.25) is 0 Å². The molecule has 0 aromatic carbocycles. The zero-order chi connectivity index (χ0) is 30.8. The van der Waals surface area contributed by atoms with Crippen LogP contribution in [0.1, 0.15) is 113 Å². The van der Waals surface area contributed by atoms with Gasteiger partial charge in [-0.1, -0.05) is 70.1 Å². The van der Waals surface area contributed by atoms with Gasteiger partial charge < -0.3 is 10.2 Å². The Kier molecular flexibility index (Phi) is 4.20. The maximum Gasteiger partial charge on any atom is 0.332 e. The molecule has 1 atom stereocenters. The first-order valence-corrected chi connectivity index (χ1v) is 6.66. The topological polar surface area (TPSA) is 57.5 Å². The summed E-state index contributed by atoms with van der Waals surface area (Å²) in [7, 11) is 0. The lowest BCUT2D eigenvalue weighted by Gasteiger charge is -2.04. The Labute approximate surface area is 154 Å². The van der Waals surface area contributed by atoms with Gasteiger partial charge in [0, 0.05) is 23.3 Å². The molecule has 0 rings (SSSR count). The number of carboxylic acid groups (broad SMARTS) is 1. The Morgan fingerprint density at radius 2 is 1.81 bits per heavy atom. The monoisotopic (exact) mass is 315 g/mol. The summed E-state index contributed by atoms with van der Waals surface area (Å²) in [4.78, 5) is 10.5. The van der Waals surface area contributed by atoms with E-state index < -0.39 is 63.5 Å². The second-order valence-corrected chi connectivity index (χ2v) is 4.14. The average molecular weight is 316 g/mol. The molecule has 0 aliphatic heterocycles. The van der Waals surface area contributed by atoms with Crippen molar-refractivity contribution in [3.05, 3.63) is 12.2 Å². The third-order valence-corrected chi connectivity index (χ3v) is 2.47. The highest BCUT2D eigenvalue weighted by Crippen LogP contribution is 2.10. The van der Waals surface area contributed by atoms with Gasteiger partial charge >= 0.3 is 5.97 Å². The molecule has 0 radical (unpaired) electrons. The van der Waals surface area contributed by atoms with Crippen LogP contribution in [0.2, 0.25) is 0 Å². The molecule has 0 spiro atoms. The highest BCUT2D eigenvalue weighted by Gasteiger charge is 2.11. The minimum absolute atomic E-state index is 0.0460. The van der Waals surface area contributed by atoms with Crippen molar-refractivity contribution >= 4 is 5.97 Å². The van der Waals surface area contributed by atoms with E-state index in [0.717, 1.165) is 6.08 Å². The highest BCUT2D eigenvalue weighted by molar-refractivity contribution is 5.71. The van der Waals surface area contributed by atoms with Gasteiger partial charge in [0.1, 0.15) is 0 Å². The van der Waals surface area contributed by atoms with Crippen LogP contribution >= 0.6 is 0 Å². The van der Waals surface area contributed by atoms with Gasteiger partial charge in [-0.2, -0.15) is 0 Å². The van der Waals surface area contributed by atoms with Gasteiger partial charge in [-0.25, -0.2) is 4.79 Å². The number of aliphatic hydroxyl groups excluding tert-OH is 1. The Morgan fingerprint density at radius 1 is 1.10 bits per heavy atom. The lowest BCUT2D eigenvalue weighted by molar-refractivity contribution is -0.146. The summed E-state index contributed by atoms with van der Waals surface area (Å²) >= 11 is 0. The van der Waals surface area contributed by atoms with E-state index in [9.17, 15) is 9.90 Å². The molecule has 0 saturated carbocycles. The number of unbranched alkanes of at least 4 members (excludes halogenated alkanes) is 4. The van der Waals surface area contributed by atoms with Crippen molar-refractivity contribution in [3.63, 3.8) is 0 Å². The van der Waals surface area contributed by atoms with E-state index in [-0.39, 0.29) is 12.8 Å². The number of carbonyl (C=O) groups is 1. The van der Waals surface area contributed by atoms with Crippen LogP contribution in [-0.4, -0.2) is 22.3 Å². The van der Waals surface area contributed by atoms with Crippen LogP contribution in [-0.2, 0) is 4.79 Å². The molecule has 0 fully saturated rings. The van der Waals surface area contributed by atoms with Gasteiger partial charge in [0.25, 0.3) is 0 Å². The molecule has 0 saturated heterocycles. The minimum atomic E-state index is -4.30. The van der Waals surface area contributed by atoms with Gasteiger partial charge in [-0.15, -0.1) is 0 Å². The number of hydrogen-bond donors (Lipinski definition) is 2. The smallest absolute Gasteiger partial charge is 0.332 e. The van der Waals surface area contributed by atoms with E-state index in [4.69, 9.17) is 28.4 Å². The van der Waals surface area contributed by atoms with E-state index >= 15 is 0 Å². The Bertz CT molecular complexity index is 833. The SMILES string of the molecule is [2H]C([2H])([2H])C([2H])([2H])C([2H])([2H])C([2H])([2H])C([2H])([2H])C([2H])([2H])C([2H])([2H])C([2H])([2H])C=CCCCCCCC(O)C(=O)O. The molecule has 3 nitrogen and oxygen atoms in total. The first kappa shape index (κ1) is 5.67. The van der Waals surface area contributed by atoms with E-state index in [2.05, 4.69) is 0 Å². The van der Waals surface area contributed by atoms with Crippen molar-refractivity contribution in [3.8, 4) is 0 Å². The molecule has 0 bridgehead atoms. The number of carboxylic acids is 1. The Balaban J connectivity index is 5.77. The van der Waals surface area contributed by atoms with Gasteiger partial charge in [0.15, 0.2) is 6.10 Å². The van der Waals surface area contributed by atoms with Crippen LogP contribution in [0.4, 0.5) is 0 Å². The van der Waals surface area contributed by atoms with Gasteiger partial charge in [0.05, 0.1) is 0 Å². The molecule has 0 aromatic rings. The molecule has 2 N–H and O–H groups in total. The molecular weight excluding hydrogens is 264 g/mol. The quantitative estimate of drug-likeness (QED) is 0.327. The third kappa shape index (κ3) is 15.4. The summed E-state index contributed by atoms with van der Waals surface area (Å²) in [6, 6.07) is 0. The second-order valence-electron chi connectivity index (χ2n) is 4.14. The van der Waals surface area contributed by atoms with Crippen molar-refractivity contribution in [1.82, 2.24) is 0 Å². The summed E-state index contributed by atoms with van der Waals surface area (Å²) in [5, 5.41) is 17.8. The lowest BCUT2D eigenvalue weighted by Crippen LogP contribution is -2.18. The molecule has 0 aliphatic carbocycles. The normalized spacial score (nSPS) is 30.2. The number of allylic oxidation sites excluding steroid dienone is 2. The largest absolute Gasteiger partial charge is 0.479 e. The molecular formula is C18H34O3. The van der Waals surface area contributed by atoms with Crippen LogP contribution in [0.15, 0.2) is 12.2 Å². The fourth-order valence-electron chi connectivity index (χ4n) is 1.42. The van der Waals surface area contributed by atoms with Crippen molar-refractivity contribution in [1.29, 1.82) is 0 Å². The molecule has 3 heteroatoms. The number of hydrogen-bond acceptors (Lipinski definition) is 2. The van der Waals surface area contributed by atoms with Crippen LogP contribution < -0.4 is 0 Å². The van der Waals surface area contributed by atoms with Gasteiger partial charge in [0.2, 0.25) is 0 Å². The van der Waals surface area contributed by atoms with Crippen molar-refractivity contribution in [2.45, 2.75) is 96.1 Å². The lowest BCUT2D eigenvalue weighted by atomic mass is 10.1. The van der Waals surface area contributed by atoms with E-state index in [1.54, 1.807) is 0 Å². The molecule has 21 heavy (non-hydrogen) atoms. The highest BCUT2D eigenvalue weighted by atomic mass is 16.4. The summed E-state index contributed by atoms with van der Waals surface area (Å²) < 4.78 is 133. The molecule has 0 aromatic heterocycles. The average Bonchev–Trinajstić information content (AvgIpc) is 2.73. The number of aliphatic carboxylic acids is 1. The summed E-state index contributed by atoms with van der Waals surface area (Å²) in [5.41, 5.74) is 0. The zero-order valence-corrected chi connectivity index (χ0v) is 11.8. The molecule has 0 amide bonds. The first-order valence-electron chi connectivity index (χ1n) is 15.2. The maximum atomic E-state index is 10.5. The van der Waals surface area contributed by atoms with Gasteiger partial charge in [-0.05, 0) is 32.0 Å². The third-order valence-electron chi connectivity index (χ3n) is 2.47. The fourth-order valence-corrected chi connectivity index (χ4v) is 1.42. The van der Waals surface area contributed by atoms with Crippen molar-refractivity contribution < 1.29 is 38.3 Å². The zero-order valence-electron chi connectivity index (χ0n) is 28.8. The van der Waals surface area contributed by atoms with E-state index in [1.165, 1.54) is 0 Å². The summed E-state index contributed by atoms with van der Waals surface area (Å²) in [5.74, 6) is -1.34. The van der Waals surface area contributed by atoms with E-state index in [1.807, 2.05) is 0 Å². The molecule has 1 unspecified atom stereocenters. The predicted molar refractivity (Wildman–Crippen MR) is 88.5 cm³/mol. The standard InChI is InChI=1S/C18H34O3/c1-2-3-4-5-6-7-8-9-10-11-12-13-14-15-16-17(19)18(20)21/h9-10,17,19H,2-8,11-16H2,1H3,(H,20,21)/i1D3,2D2,3D2,4D2,5D2,6D2,7D2,8D2. The van der Waals surface area contributed by atoms with E-state index in [0.29, 0.717) is 31.8 Å². The minimum Gasteiger partial charge on any atom is -0.479 e. The number of rotatable bonds is 15. The van der Waals surface area contributed by atoms with Crippen molar-refractivity contribution in [2.75, 3.05) is 0 Å². The Morgan fingerprint density at radius 3 is 2.57 bits per heavy atom. The van der Waals surface area contributed by atoms with Crippen LogP contribution in [0.5, 0.6) is 0 Å². The van der Waals surface area contributed by atoms with Crippen LogP contribution in [0.25, 0.3) is 0 Å². The molecule has 124 valence electrons.